The number of halogens is 1. The van der Waals surface area contributed by atoms with E-state index < -0.39 is 77.8 Å². The molecule has 0 radical (unpaired) electrons. The van der Waals surface area contributed by atoms with Crippen molar-refractivity contribution in [3.05, 3.63) is 47.6 Å². The number of carbonyl (C=O) groups is 5. The van der Waals surface area contributed by atoms with Gasteiger partial charge in [-0.05, 0) is 108 Å². The van der Waals surface area contributed by atoms with Crippen molar-refractivity contribution in [2.45, 2.75) is 178 Å². The number of aliphatic hydroxyl groups excluding tert-OH is 2. The molecule has 0 aromatic carbocycles. The Bertz CT molecular complexity index is 1740. The van der Waals surface area contributed by atoms with E-state index in [0.717, 1.165) is 12.0 Å². The van der Waals surface area contributed by atoms with Gasteiger partial charge in [-0.15, -0.1) is 0 Å². The third kappa shape index (κ3) is 14.2. The van der Waals surface area contributed by atoms with Crippen LogP contribution in [0, 0.1) is 35.5 Å². The zero-order valence-corrected chi connectivity index (χ0v) is 41.7. The van der Waals surface area contributed by atoms with E-state index in [1.54, 1.807) is 34.0 Å². The van der Waals surface area contributed by atoms with E-state index in [9.17, 15) is 39.3 Å². The maximum absolute atomic E-state index is 14.3. The molecule has 0 aromatic heterocycles. The molecule has 3 heterocycles. The minimum Gasteiger partial charge on any atom is -0.460 e. The predicted octanol–water partition coefficient (Wildman–Crippen LogP) is 6.97. The van der Waals surface area contributed by atoms with E-state index in [2.05, 4.69) is 22.6 Å². The van der Waals surface area contributed by atoms with Gasteiger partial charge in [0.15, 0.2) is 5.78 Å². The average Bonchev–Trinajstić information content (AvgIpc) is 3.26. The highest BCUT2D eigenvalue weighted by molar-refractivity contribution is 14.1. The Hall–Kier alpha value is -2.60. The van der Waals surface area contributed by atoms with Gasteiger partial charge >= 0.3 is 5.97 Å². The van der Waals surface area contributed by atoms with Crippen molar-refractivity contribution < 1.29 is 58.2 Å². The van der Waals surface area contributed by atoms with Crippen molar-refractivity contribution in [2.24, 2.45) is 35.5 Å². The summed E-state index contributed by atoms with van der Waals surface area (Å²) in [7, 11) is 2.95. The lowest BCUT2D eigenvalue weighted by atomic mass is 9.78. The standard InChI is InChI=1S/C50H76INO12/c1-29-15-11-10-12-16-30(2)38(51)27-37-20-18-35(7)50(60,64-37)47(57)48(58)52-22-14-13-17-39(52)49(59)63-42(32(4)25-36-19-21-40(53)43(26-36)61-8)28-41(54)31(3)24-34(6)45(56)46(62-9)44(55)33(5)23-29/h10-12,15-16,24,29,31-33,35-40,42-43,45-46,53,56,60H,13-14,17-23,25-28H2,1-9H3/b12-10+,15-11+,30-16+,34-24+/t29-,31-,32-,33-,35-,36+,37+,38?,39+,40-,42+,43-,45-,46+,50-/m1/s1. The van der Waals surface area contributed by atoms with Gasteiger partial charge in [0.25, 0.3) is 11.7 Å². The molecule has 3 aliphatic heterocycles. The van der Waals surface area contributed by atoms with Gasteiger partial charge in [-0.25, -0.2) is 4.79 Å². The summed E-state index contributed by atoms with van der Waals surface area (Å²) in [6, 6.07) is -1.12. The van der Waals surface area contributed by atoms with Crippen LogP contribution in [0.25, 0.3) is 0 Å². The van der Waals surface area contributed by atoms with Gasteiger partial charge in [0.05, 0.1) is 18.3 Å². The Balaban J connectivity index is 1.69. The number of ketones is 3. The van der Waals surface area contributed by atoms with E-state index in [1.165, 1.54) is 12.0 Å². The highest BCUT2D eigenvalue weighted by atomic mass is 127. The number of nitrogens with zero attached hydrogens (tertiary/aromatic N) is 1. The Morgan fingerprint density at radius 3 is 2.30 bits per heavy atom. The molecule has 2 saturated heterocycles. The van der Waals surface area contributed by atoms with Crippen LogP contribution in [-0.4, -0.2) is 123 Å². The Morgan fingerprint density at radius 2 is 1.61 bits per heavy atom. The largest absolute Gasteiger partial charge is 0.460 e. The maximum atomic E-state index is 14.3. The highest BCUT2D eigenvalue weighted by Crippen LogP contribution is 2.38. The number of methoxy groups -OCH3 is 2. The average molecular weight is 1010 g/mol. The molecule has 1 saturated carbocycles. The molecule has 4 rings (SSSR count). The van der Waals surface area contributed by atoms with Crippen LogP contribution >= 0.6 is 22.6 Å². The number of piperidine rings is 1. The summed E-state index contributed by atoms with van der Waals surface area (Å²) < 4.78 is 23.6. The monoisotopic (exact) mass is 1010 g/mol. The van der Waals surface area contributed by atoms with E-state index in [0.29, 0.717) is 63.4 Å². The summed E-state index contributed by atoms with van der Waals surface area (Å²) >= 11 is 2.32. The normalized spacial score (nSPS) is 40.9. The number of cyclic esters (lactones) is 1. The molecule has 1 aliphatic carbocycles. The molecule has 0 aromatic rings. The van der Waals surface area contributed by atoms with Crippen LogP contribution in [0.2, 0.25) is 0 Å². The SMILES string of the molecule is CO[C@@H]1C[C@H](C[C@@H](C)[C@@H]2CC(=O)[C@H](C)/C=C(\C)[C@@H](O)[C@@H](OC)C(=O)[C@H](C)C[C@H](C)/C=C/C=C/C=C(\C)C(I)C[C@@H]3CC[C@@H](C)[C@@](O)(O3)C(=O)C(=O)N3CCCC[C@H]3C(=O)O2)CC[C@H]1O. The van der Waals surface area contributed by atoms with Crippen molar-refractivity contribution in [3.63, 3.8) is 0 Å². The molecule has 13 nitrogen and oxygen atoms in total. The van der Waals surface area contributed by atoms with Crippen LogP contribution in [0.5, 0.6) is 0 Å². The molecule has 0 spiro atoms. The molecule has 1 unspecified atom stereocenters. The number of alkyl halides is 1. The van der Waals surface area contributed by atoms with Crippen LogP contribution in [0.4, 0.5) is 0 Å². The highest BCUT2D eigenvalue weighted by Gasteiger charge is 2.53. The fraction of sp³-hybridized carbons (Fsp3) is 0.740. The molecule has 4 aliphatic rings. The smallest absolute Gasteiger partial charge is 0.329 e. The fourth-order valence-electron chi connectivity index (χ4n) is 9.82. The predicted molar refractivity (Wildman–Crippen MR) is 252 cm³/mol. The lowest BCUT2D eigenvalue weighted by Gasteiger charge is -2.42. The lowest BCUT2D eigenvalue weighted by molar-refractivity contribution is -0.263. The number of rotatable bonds is 5. The van der Waals surface area contributed by atoms with E-state index in [-0.39, 0.29) is 58.7 Å². The summed E-state index contributed by atoms with van der Waals surface area (Å²) in [5.41, 5.74) is 1.45. The molecule has 2 bridgehead atoms. The second-order valence-corrected chi connectivity index (χ2v) is 20.8. The number of hydrogen-bond acceptors (Lipinski definition) is 12. The van der Waals surface area contributed by atoms with Gasteiger partial charge in [0.1, 0.15) is 30.1 Å². The molecule has 64 heavy (non-hydrogen) atoms. The van der Waals surface area contributed by atoms with Crippen molar-refractivity contribution in [1.29, 1.82) is 0 Å². The van der Waals surface area contributed by atoms with Crippen molar-refractivity contribution >= 4 is 51.8 Å². The first kappa shape index (κ1) is 54.0. The minimum atomic E-state index is -2.37. The van der Waals surface area contributed by atoms with Crippen molar-refractivity contribution in [3.8, 4) is 0 Å². The van der Waals surface area contributed by atoms with Crippen molar-refractivity contribution in [1.82, 2.24) is 4.90 Å². The first-order valence-electron chi connectivity index (χ1n) is 23.5. The van der Waals surface area contributed by atoms with Gasteiger partial charge < -0.3 is 39.2 Å². The zero-order valence-electron chi connectivity index (χ0n) is 39.6. The number of allylic oxidation sites excluding steroid dienone is 7. The molecule has 1 amide bonds. The first-order chi connectivity index (χ1) is 30.2. The van der Waals surface area contributed by atoms with Crippen LogP contribution in [0.1, 0.15) is 126 Å². The molecule has 14 heteroatoms. The topological polar surface area (TPSA) is 186 Å². The third-order valence-electron chi connectivity index (χ3n) is 14.2. The van der Waals surface area contributed by atoms with E-state index in [1.807, 2.05) is 58.1 Å². The van der Waals surface area contributed by atoms with Crippen LogP contribution in [-0.2, 0) is 42.9 Å². The molecular weight excluding hydrogens is 933 g/mol. The molecule has 3 fully saturated rings. The third-order valence-corrected chi connectivity index (χ3v) is 15.7. The number of fused-ring (bicyclic) bond motifs is 3. The summed E-state index contributed by atoms with van der Waals surface area (Å²) in [5, 5.41) is 33.8. The number of carbonyl (C=O) groups excluding carboxylic acids is 5. The molecule has 360 valence electrons. The lowest BCUT2D eigenvalue weighted by Crippen LogP contribution is -2.60. The quantitative estimate of drug-likeness (QED) is 0.0846. The van der Waals surface area contributed by atoms with Gasteiger partial charge in [-0.2, -0.15) is 0 Å². The zero-order chi connectivity index (χ0) is 47.5. The van der Waals surface area contributed by atoms with E-state index >= 15 is 0 Å². The summed E-state index contributed by atoms with van der Waals surface area (Å²) in [5.74, 6) is -7.71. The van der Waals surface area contributed by atoms with Crippen LogP contribution in [0.3, 0.4) is 0 Å². The second kappa shape index (κ2) is 25.0. The maximum Gasteiger partial charge on any atom is 0.329 e. The molecule has 15 atom stereocenters. The summed E-state index contributed by atoms with van der Waals surface area (Å²) in [6.45, 7) is 12.9. The fourth-order valence-corrected chi connectivity index (χ4v) is 10.6. The Kier molecular flexibility index (Phi) is 21.1. The first-order valence-corrected chi connectivity index (χ1v) is 24.7. The number of Topliss-reactive ketones (excluding diaryl/α,β-unsaturated/α-hetero) is 3. The Labute approximate surface area is 395 Å². The number of aliphatic hydroxyl groups is 3. The summed E-state index contributed by atoms with van der Waals surface area (Å²) in [6.07, 6.45) is 12.4. The summed E-state index contributed by atoms with van der Waals surface area (Å²) in [4.78, 5) is 71.7. The van der Waals surface area contributed by atoms with Crippen LogP contribution in [0.15, 0.2) is 47.6 Å². The number of amides is 1. The van der Waals surface area contributed by atoms with Gasteiger partial charge in [-0.3, -0.25) is 19.2 Å². The van der Waals surface area contributed by atoms with Crippen LogP contribution < -0.4 is 0 Å². The van der Waals surface area contributed by atoms with Gasteiger partial charge in [0, 0.05) is 48.9 Å². The number of hydrogen-bond donors (Lipinski definition) is 3. The van der Waals surface area contributed by atoms with E-state index in [4.69, 9.17) is 18.9 Å². The minimum absolute atomic E-state index is 0.00152. The second-order valence-electron chi connectivity index (χ2n) is 19.3. The molecule has 3 N–H and O–H groups in total. The van der Waals surface area contributed by atoms with Gasteiger partial charge in [0.2, 0.25) is 5.79 Å². The Morgan fingerprint density at radius 1 is 0.891 bits per heavy atom. The number of esters is 1. The van der Waals surface area contributed by atoms with Gasteiger partial charge in [-0.1, -0.05) is 99.2 Å². The number of ether oxygens (including phenoxy) is 4. The molecular formula is C50H76INO12. The van der Waals surface area contributed by atoms with Crippen molar-refractivity contribution in [2.75, 3.05) is 20.8 Å².